The highest BCUT2D eigenvalue weighted by Gasteiger charge is 2.21. The summed E-state index contributed by atoms with van der Waals surface area (Å²) in [5.74, 6) is 1.73. The van der Waals surface area contributed by atoms with E-state index in [0.717, 1.165) is 37.8 Å². The highest BCUT2D eigenvalue weighted by atomic mass is 16.3. The fraction of sp³-hybridized carbons (Fsp3) is 1.00. The number of nitrogens with one attached hydrogen (secondary N) is 1. The van der Waals surface area contributed by atoms with Crippen LogP contribution in [-0.2, 0) is 0 Å². The molecule has 0 heterocycles. The van der Waals surface area contributed by atoms with Gasteiger partial charge in [-0.25, -0.2) is 0 Å². The van der Waals surface area contributed by atoms with Gasteiger partial charge in [-0.05, 0) is 44.6 Å². The van der Waals surface area contributed by atoms with Gasteiger partial charge in [0, 0.05) is 6.54 Å². The average Bonchev–Trinajstić information content (AvgIpc) is 2.17. The number of rotatable bonds is 6. The summed E-state index contributed by atoms with van der Waals surface area (Å²) in [6.07, 6.45) is 7.47. The largest absolute Gasteiger partial charge is 0.389 e. The summed E-state index contributed by atoms with van der Waals surface area (Å²) in [5.41, 5.74) is -0.519. The van der Waals surface area contributed by atoms with E-state index in [4.69, 9.17) is 0 Å². The smallest absolute Gasteiger partial charge is 0.0743 e. The summed E-state index contributed by atoms with van der Waals surface area (Å²) in [4.78, 5) is 0. The van der Waals surface area contributed by atoms with Crippen molar-refractivity contribution in [1.82, 2.24) is 5.32 Å². The first-order valence-corrected chi connectivity index (χ1v) is 6.96. The molecule has 3 atom stereocenters. The molecule has 1 rings (SSSR count). The zero-order chi connectivity index (χ0) is 12.0. The molecule has 1 aliphatic carbocycles. The lowest BCUT2D eigenvalue weighted by atomic mass is 9.82. The summed E-state index contributed by atoms with van der Waals surface area (Å²) in [6.45, 7) is 8.25. The molecule has 2 heteroatoms. The second kappa shape index (κ2) is 6.61. The minimum absolute atomic E-state index is 0.519. The third-order valence-electron chi connectivity index (χ3n) is 3.77. The van der Waals surface area contributed by atoms with Crippen molar-refractivity contribution < 1.29 is 5.11 Å². The Kier molecular flexibility index (Phi) is 5.77. The Labute approximate surface area is 101 Å². The fourth-order valence-electron chi connectivity index (χ4n) is 2.92. The maximum absolute atomic E-state index is 10.0. The van der Waals surface area contributed by atoms with Gasteiger partial charge in [0.15, 0.2) is 0 Å². The van der Waals surface area contributed by atoms with Crippen LogP contribution in [0, 0.1) is 11.8 Å². The topological polar surface area (TPSA) is 32.3 Å². The van der Waals surface area contributed by atoms with Crippen molar-refractivity contribution in [3.63, 3.8) is 0 Å². The van der Waals surface area contributed by atoms with E-state index in [1.165, 1.54) is 25.7 Å². The summed E-state index contributed by atoms with van der Waals surface area (Å²) >= 11 is 0. The molecule has 1 saturated carbocycles. The van der Waals surface area contributed by atoms with Crippen molar-refractivity contribution >= 4 is 0 Å². The molecule has 16 heavy (non-hydrogen) atoms. The quantitative estimate of drug-likeness (QED) is 0.731. The van der Waals surface area contributed by atoms with Gasteiger partial charge >= 0.3 is 0 Å². The average molecular weight is 227 g/mol. The van der Waals surface area contributed by atoms with E-state index in [0.29, 0.717) is 0 Å². The van der Waals surface area contributed by atoms with Gasteiger partial charge < -0.3 is 10.4 Å². The van der Waals surface area contributed by atoms with Crippen LogP contribution in [0.15, 0.2) is 0 Å². The Balaban J connectivity index is 2.14. The Morgan fingerprint density at radius 3 is 2.75 bits per heavy atom. The van der Waals surface area contributed by atoms with Gasteiger partial charge in [-0.2, -0.15) is 0 Å². The first kappa shape index (κ1) is 14.0. The molecule has 0 aliphatic heterocycles. The molecule has 0 bridgehead atoms. The standard InChI is InChI=1S/C14H29NO/c1-4-8-14(3,16)11-15-10-13-7-5-6-12(2)9-13/h12-13,15-16H,4-11H2,1-3H3. The second-order valence-corrected chi connectivity index (χ2v) is 6.02. The van der Waals surface area contributed by atoms with Crippen LogP contribution in [0.25, 0.3) is 0 Å². The SMILES string of the molecule is CCCC(C)(O)CNCC1CCCC(C)C1. The Hall–Kier alpha value is -0.0800. The van der Waals surface area contributed by atoms with Gasteiger partial charge in [0.1, 0.15) is 0 Å². The van der Waals surface area contributed by atoms with E-state index < -0.39 is 5.60 Å². The molecule has 2 nitrogen and oxygen atoms in total. The van der Waals surface area contributed by atoms with Crippen LogP contribution in [-0.4, -0.2) is 23.8 Å². The van der Waals surface area contributed by atoms with Gasteiger partial charge in [-0.1, -0.05) is 33.1 Å². The third-order valence-corrected chi connectivity index (χ3v) is 3.77. The lowest BCUT2D eigenvalue weighted by Crippen LogP contribution is -2.40. The van der Waals surface area contributed by atoms with Crippen molar-refractivity contribution in [2.24, 2.45) is 11.8 Å². The maximum Gasteiger partial charge on any atom is 0.0743 e. The first-order valence-electron chi connectivity index (χ1n) is 6.96. The van der Waals surface area contributed by atoms with Crippen LogP contribution >= 0.6 is 0 Å². The van der Waals surface area contributed by atoms with Crippen LogP contribution in [0.2, 0.25) is 0 Å². The zero-order valence-corrected chi connectivity index (χ0v) is 11.3. The molecule has 0 amide bonds. The van der Waals surface area contributed by atoms with Crippen LogP contribution in [0.1, 0.15) is 59.3 Å². The van der Waals surface area contributed by atoms with Gasteiger partial charge in [-0.3, -0.25) is 0 Å². The maximum atomic E-state index is 10.0. The minimum Gasteiger partial charge on any atom is -0.389 e. The molecule has 1 fully saturated rings. The lowest BCUT2D eigenvalue weighted by Gasteiger charge is -2.29. The van der Waals surface area contributed by atoms with E-state index in [1.54, 1.807) is 0 Å². The Morgan fingerprint density at radius 2 is 2.12 bits per heavy atom. The van der Waals surface area contributed by atoms with Crippen LogP contribution in [0.3, 0.4) is 0 Å². The number of hydrogen-bond acceptors (Lipinski definition) is 2. The highest BCUT2D eigenvalue weighted by Crippen LogP contribution is 2.27. The predicted molar refractivity (Wildman–Crippen MR) is 69.5 cm³/mol. The van der Waals surface area contributed by atoms with Crippen LogP contribution in [0.5, 0.6) is 0 Å². The summed E-state index contributed by atoms with van der Waals surface area (Å²) in [7, 11) is 0. The normalized spacial score (nSPS) is 30.0. The van der Waals surface area contributed by atoms with E-state index in [9.17, 15) is 5.11 Å². The highest BCUT2D eigenvalue weighted by molar-refractivity contribution is 4.77. The molecule has 0 aromatic heterocycles. The molecule has 2 N–H and O–H groups in total. The zero-order valence-electron chi connectivity index (χ0n) is 11.3. The van der Waals surface area contributed by atoms with Gasteiger partial charge in [0.2, 0.25) is 0 Å². The molecule has 0 aromatic carbocycles. The minimum atomic E-state index is -0.519. The molecule has 0 radical (unpaired) electrons. The van der Waals surface area contributed by atoms with Crippen molar-refractivity contribution in [3.05, 3.63) is 0 Å². The van der Waals surface area contributed by atoms with E-state index in [1.807, 2.05) is 6.92 Å². The molecule has 0 spiro atoms. The van der Waals surface area contributed by atoms with Crippen LogP contribution < -0.4 is 5.32 Å². The van der Waals surface area contributed by atoms with Crippen molar-refractivity contribution in [1.29, 1.82) is 0 Å². The second-order valence-electron chi connectivity index (χ2n) is 6.02. The molecule has 0 aromatic rings. The molecular formula is C14H29NO. The predicted octanol–water partition coefficient (Wildman–Crippen LogP) is 2.95. The number of aliphatic hydroxyl groups is 1. The van der Waals surface area contributed by atoms with Crippen LogP contribution in [0.4, 0.5) is 0 Å². The Bertz CT molecular complexity index is 191. The van der Waals surface area contributed by atoms with Gasteiger partial charge in [-0.15, -0.1) is 0 Å². The summed E-state index contributed by atoms with van der Waals surface area (Å²) in [5, 5.41) is 13.5. The molecule has 96 valence electrons. The summed E-state index contributed by atoms with van der Waals surface area (Å²) < 4.78 is 0. The van der Waals surface area contributed by atoms with Gasteiger partial charge in [0.05, 0.1) is 5.60 Å². The monoisotopic (exact) mass is 227 g/mol. The van der Waals surface area contributed by atoms with Gasteiger partial charge in [0.25, 0.3) is 0 Å². The first-order chi connectivity index (χ1) is 7.53. The summed E-state index contributed by atoms with van der Waals surface area (Å²) in [6, 6.07) is 0. The van der Waals surface area contributed by atoms with E-state index in [-0.39, 0.29) is 0 Å². The van der Waals surface area contributed by atoms with Crippen molar-refractivity contribution in [2.45, 2.75) is 64.9 Å². The van der Waals surface area contributed by atoms with E-state index >= 15 is 0 Å². The molecule has 1 aliphatic rings. The van der Waals surface area contributed by atoms with Crippen molar-refractivity contribution in [2.75, 3.05) is 13.1 Å². The van der Waals surface area contributed by atoms with Crippen molar-refractivity contribution in [3.8, 4) is 0 Å². The molecule has 3 unspecified atom stereocenters. The lowest BCUT2D eigenvalue weighted by molar-refractivity contribution is 0.0484. The third kappa shape index (κ3) is 5.31. The fourth-order valence-corrected chi connectivity index (χ4v) is 2.92. The van der Waals surface area contributed by atoms with E-state index in [2.05, 4.69) is 19.2 Å². The number of hydrogen-bond donors (Lipinski definition) is 2. The molecular weight excluding hydrogens is 198 g/mol. The molecule has 0 saturated heterocycles. The Morgan fingerprint density at radius 1 is 1.38 bits per heavy atom.